The molecule has 1 aromatic carbocycles. The highest BCUT2D eigenvalue weighted by atomic mass is 16.5. The first kappa shape index (κ1) is 16.3. The maximum atomic E-state index is 5.36. The Hall–Kier alpha value is -1.85. The van der Waals surface area contributed by atoms with Crippen LogP contribution in [0.2, 0.25) is 0 Å². The summed E-state index contributed by atoms with van der Waals surface area (Å²) in [5.74, 6) is 3.54. The molecule has 0 spiro atoms. The van der Waals surface area contributed by atoms with E-state index in [9.17, 15) is 0 Å². The second-order valence-electron chi connectivity index (χ2n) is 8.12. The normalized spacial score (nSPS) is 33.4. The van der Waals surface area contributed by atoms with E-state index in [1.807, 2.05) is 6.20 Å². The van der Waals surface area contributed by atoms with Crippen molar-refractivity contribution in [2.75, 3.05) is 26.7 Å². The lowest BCUT2D eigenvalue weighted by Crippen LogP contribution is -2.60. The van der Waals surface area contributed by atoms with Crippen molar-refractivity contribution in [2.45, 2.75) is 37.4 Å². The first-order chi connectivity index (χ1) is 12.7. The fraction of sp³-hybridized carbons (Fsp3) is 0.571. The van der Waals surface area contributed by atoms with Crippen molar-refractivity contribution in [3.63, 3.8) is 0 Å². The minimum absolute atomic E-state index is 0.578. The number of ether oxygens (including phenoxy) is 1. The standard InChI is InChI=1S/C21H28N4O/c1-23-12-9-22-19(23)14-25-13-18(15-3-5-17(26-2)6-4-15)21-20(25)16-7-10-24(21)11-8-16/h3-6,9,12,16,18,20-21H,7-8,10-11,13-14H2,1-2H3/t18-,20+,21+/m0/s1. The Morgan fingerprint density at radius 3 is 2.54 bits per heavy atom. The zero-order valence-electron chi connectivity index (χ0n) is 15.7. The van der Waals surface area contributed by atoms with Gasteiger partial charge in [0, 0.05) is 44.0 Å². The molecule has 5 nitrogen and oxygen atoms in total. The molecule has 26 heavy (non-hydrogen) atoms. The fourth-order valence-corrected chi connectivity index (χ4v) is 5.60. The van der Waals surface area contributed by atoms with Crippen LogP contribution in [0.3, 0.4) is 0 Å². The molecule has 3 atom stereocenters. The smallest absolute Gasteiger partial charge is 0.122 e. The van der Waals surface area contributed by atoms with Crippen molar-refractivity contribution in [1.29, 1.82) is 0 Å². The van der Waals surface area contributed by atoms with Crippen molar-refractivity contribution in [2.24, 2.45) is 13.0 Å². The third kappa shape index (κ3) is 2.57. The molecule has 0 aliphatic carbocycles. The van der Waals surface area contributed by atoms with Gasteiger partial charge in [-0.25, -0.2) is 4.98 Å². The quantitative estimate of drug-likeness (QED) is 0.847. The minimum Gasteiger partial charge on any atom is -0.497 e. The van der Waals surface area contributed by atoms with E-state index in [-0.39, 0.29) is 0 Å². The molecular formula is C21H28N4O. The van der Waals surface area contributed by atoms with Crippen LogP contribution in [0.5, 0.6) is 5.75 Å². The summed E-state index contributed by atoms with van der Waals surface area (Å²) in [5, 5.41) is 0. The van der Waals surface area contributed by atoms with Crippen molar-refractivity contribution in [3.8, 4) is 5.75 Å². The number of benzene rings is 1. The van der Waals surface area contributed by atoms with E-state index < -0.39 is 0 Å². The van der Waals surface area contributed by atoms with E-state index in [2.05, 4.69) is 56.9 Å². The Morgan fingerprint density at radius 2 is 1.88 bits per heavy atom. The summed E-state index contributed by atoms with van der Waals surface area (Å²) in [5.41, 5.74) is 1.45. The largest absolute Gasteiger partial charge is 0.497 e. The molecule has 5 heterocycles. The molecule has 4 aliphatic heterocycles. The van der Waals surface area contributed by atoms with E-state index in [4.69, 9.17) is 4.74 Å². The van der Waals surface area contributed by atoms with E-state index in [1.54, 1.807) is 7.11 Å². The van der Waals surface area contributed by atoms with Crippen LogP contribution >= 0.6 is 0 Å². The Labute approximate surface area is 155 Å². The van der Waals surface area contributed by atoms with Gasteiger partial charge in [0.05, 0.1) is 13.7 Å². The number of likely N-dealkylation sites (tertiary alicyclic amines) is 1. The monoisotopic (exact) mass is 352 g/mol. The van der Waals surface area contributed by atoms with E-state index in [0.717, 1.165) is 24.8 Å². The van der Waals surface area contributed by atoms with Gasteiger partial charge in [0.1, 0.15) is 11.6 Å². The van der Waals surface area contributed by atoms with Crippen LogP contribution in [0.1, 0.15) is 30.1 Å². The third-order valence-electron chi connectivity index (χ3n) is 6.90. The van der Waals surface area contributed by atoms with Crippen LogP contribution in [0.4, 0.5) is 0 Å². The molecule has 2 aromatic rings. The first-order valence-electron chi connectivity index (χ1n) is 9.83. The number of aryl methyl sites for hydroxylation is 1. The lowest BCUT2D eigenvalue weighted by atomic mass is 9.75. The van der Waals surface area contributed by atoms with E-state index >= 15 is 0 Å². The summed E-state index contributed by atoms with van der Waals surface area (Å²) < 4.78 is 7.52. The Bertz CT molecular complexity index is 763. The number of piperidine rings is 3. The molecule has 4 saturated heterocycles. The lowest BCUT2D eigenvalue weighted by Gasteiger charge is -2.51. The topological polar surface area (TPSA) is 33.5 Å². The second-order valence-corrected chi connectivity index (χ2v) is 8.12. The molecule has 0 N–H and O–H groups in total. The SMILES string of the molecule is COc1ccc([C@@H]2CN(Cc3nccn3C)[C@@H]3C4CCN(CC4)[C@@H]32)cc1. The number of nitrogens with zero attached hydrogens (tertiary/aromatic N) is 4. The highest BCUT2D eigenvalue weighted by Gasteiger charge is 2.53. The number of fused-ring (bicyclic) bond motifs is 2. The predicted molar refractivity (Wildman–Crippen MR) is 101 cm³/mol. The summed E-state index contributed by atoms with van der Waals surface area (Å²) in [6, 6.07) is 10.1. The number of aromatic nitrogens is 2. The van der Waals surface area contributed by atoms with Gasteiger partial charge in [-0.15, -0.1) is 0 Å². The highest BCUT2D eigenvalue weighted by molar-refractivity contribution is 5.33. The van der Waals surface area contributed by atoms with E-state index in [1.165, 1.54) is 37.3 Å². The van der Waals surface area contributed by atoms with Gasteiger partial charge in [0.2, 0.25) is 0 Å². The second kappa shape index (κ2) is 6.39. The van der Waals surface area contributed by atoms with Crippen LogP contribution in [0, 0.1) is 5.92 Å². The Balaban J connectivity index is 1.47. The maximum absolute atomic E-state index is 5.36. The summed E-state index contributed by atoms with van der Waals surface area (Å²) in [4.78, 5) is 10.1. The van der Waals surface area contributed by atoms with Crippen LogP contribution in [0.25, 0.3) is 0 Å². The minimum atomic E-state index is 0.578. The number of hydrogen-bond acceptors (Lipinski definition) is 4. The van der Waals surface area contributed by atoms with Gasteiger partial charge in [-0.05, 0) is 49.5 Å². The zero-order chi connectivity index (χ0) is 17.7. The van der Waals surface area contributed by atoms with Crippen LogP contribution in [-0.2, 0) is 13.6 Å². The van der Waals surface area contributed by atoms with Gasteiger partial charge in [-0.3, -0.25) is 9.80 Å². The van der Waals surface area contributed by atoms with Gasteiger partial charge in [-0.1, -0.05) is 12.1 Å². The summed E-state index contributed by atoms with van der Waals surface area (Å²) in [6.45, 7) is 4.63. The van der Waals surface area contributed by atoms with Crippen molar-refractivity contribution in [1.82, 2.24) is 19.4 Å². The fourth-order valence-electron chi connectivity index (χ4n) is 5.60. The number of imidazole rings is 1. The van der Waals surface area contributed by atoms with Gasteiger partial charge in [0.15, 0.2) is 0 Å². The molecule has 6 rings (SSSR count). The molecule has 0 amide bonds. The Morgan fingerprint density at radius 1 is 1.12 bits per heavy atom. The molecule has 5 heteroatoms. The van der Waals surface area contributed by atoms with Gasteiger partial charge < -0.3 is 9.30 Å². The van der Waals surface area contributed by atoms with Gasteiger partial charge in [-0.2, -0.15) is 0 Å². The molecule has 2 bridgehead atoms. The van der Waals surface area contributed by atoms with Crippen molar-refractivity contribution in [3.05, 3.63) is 48.0 Å². The summed E-state index contributed by atoms with van der Waals surface area (Å²) >= 11 is 0. The molecule has 4 fully saturated rings. The van der Waals surface area contributed by atoms with Crippen molar-refractivity contribution >= 4 is 0 Å². The predicted octanol–water partition coefficient (Wildman–Crippen LogP) is 2.49. The molecule has 0 saturated carbocycles. The van der Waals surface area contributed by atoms with Crippen LogP contribution < -0.4 is 4.74 Å². The molecule has 138 valence electrons. The van der Waals surface area contributed by atoms with Crippen molar-refractivity contribution < 1.29 is 4.74 Å². The summed E-state index contributed by atoms with van der Waals surface area (Å²) in [6.07, 6.45) is 6.68. The molecule has 0 unspecified atom stereocenters. The average molecular weight is 352 g/mol. The number of methoxy groups -OCH3 is 1. The highest BCUT2D eigenvalue weighted by Crippen LogP contribution is 2.47. The van der Waals surface area contributed by atoms with Gasteiger partial charge in [0.25, 0.3) is 0 Å². The zero-order valence-corrected chi connectivity index (χ0v) is 15.7. The Kier molecular flexibility index (Phi) is 4.02. The molecule has 1 aromatic heterocycles. The first-order valence-corrected chi connectivity index (χ1v) is 9.83. The molecular weight excluding hydrogens is 324 g/mol. The van der Waals surface area contributed by atoms with Crippen LogP contribution in [0.15, 0.2) is 36.7 Å². The molecule has 4 aliphatic rings. The number of rotatable bonds is 4. The number of hydrogen-bond donors (Lipinski definition) is 0. The van der Waals surface area contributed by atoms with E-state index in [0.29, 0.717) is 18.0 Å². The lowest BCUT2D eigenvalue weighted by molar-refractivity contribution is -0.00947. The average Bonchev–Trinajstić information content (AvgIpc) is 3.28. The third-order valence-corrected chi connectivity index (χ3v) is 6.90. The van der Waals surface area contributed by atoms with Crippen LogP contribution in [-0.4, -0.2) is 58.2 Å². The van der Waals surface area contributed by atoms with Gasteiger partial charge >= 0.3 is 0 Å². The molecule has 0 radical (unpaired) electrons. The summed E-state index contributed by atoms with van der Waals surface area (Å²) in [7, 11) is 3.84. The maximum Gasteiger partial charge on any atom is 0.122 e.